The van der Waals surface area contributed by atoms with Crippen LogP contribution in [0.2, 0.25) is 0 Å². The largest absolute Gasteiger partial charge is 0.359 e. The van der Waals surface area contributed by atoms with Gasteiger partial charge in [0.2, 0.25) is 0 Å². The molecule has 1 atom stereocenters. The first-order valence-electron chi connectivity index (χ1n) is 17.5. The summed E-state index contributed by atoms with van der Waals surface area (Å²) in [5.41, 5.74) is 7.55. The van der Waals surface area contributed by atoms with Gasteiger partial charge in [-0.1, -0.05) is 121 Å². The molecular weight excluding hydrogens is 671 g/mol. The number of aromatic nitrogens is 1. The zero-order valence-electron chi connectivity index (χ0n) is 27.9. The Kier molecular flexibility index (Phi) is 6.66. The number of hydrogen-bond acceptors (Lipinski definition) is 5. The summed E-state index contributed by atoms with van der Waals surface area (Å²) in [6, 6.07) is 56.5. The molecule has 1 aliphatic heterocycles. The van der Waals surface area contributed by atoms with Gasteiger partial charge in [0.25, 0.3) is 0 Å². The van der Waals surface area contributed by atoms with Crippen molar-refractivity contribution in [1.82, 2.24) is 10.3 Å². The molecule has 11 rings (SSSR count). The van der Waals surface area contributed by atoms with E-state index in [4.69, 9.17) is 9.98 Å². The Labute approximate surface area is 307 Å². The van der Waals surface area contributed by atoms with Gasteiger partial charge in [0.1, 0.15) is 5.84 Å². The van der Waals surface area contributed by atoms with Gasteiger partial charge >= 0.3 is 0 Å². The van der Waals surface area contributed by atoms with Gasteiger partial charge in [-0.2, -0.15) is 0 Å². The van der Waals surface area contributed by atoms with E-state index in [1.807, 2.05) is 22.7 Å². The Morgan fingerprint density at radius 1 is 0.481 bits per heavy atom. The predicted octanol–water partition coefficient (Wildman–Crippen LogP) is 12.9. The fourth-order valence-electron chi connectivity index (χ4n) is 7.80. The molecule has 3 nitrogen and oxygen atoms in total. The highest BCUT2D eigenvalue weighted by Crippen LogP contribution is 2.44. The number of nitrogens with one attached hydrogen (secondary N) is 1. The number of amidine groups is 1. The maximum absolute atomic E-state index is 5.27. The van der Waals surface area contributed by atoms with E-state index in [1.165, 1.54) is 62.1 Å². The molecule has 244 valence electrons. The lowest BCUT2D eigenvalue weighted by Crippen LogP contribution is -2.31. The fraction of sp³-hybridized carbons (Fsp3) is 0.0213. The van der Waals surface area contributed by atoms with Crippen molar-refractivity contribution in [3.8, 4) is 11.3 Å². The zero-order valence-corrected chi connectivity index (χ0v) is 29.5. The van der Waals surface area contributed by atoms with E-state index in [9.17, 15) is 0 Å². The maximum Gasteiger partial charge on any atom is 0.134 e. The van der Waals surface area contributed by atoms with Gasteiger partial charge in [-0.15, -0.1) is 22.7 Å². The van der Waals surface area contributed by atoms with Crippen LogP contribution in [0, 0.1) is 0 Å². The fourth-order valence-corrected chi connectivity index (χ4v) is 10.2. The number of pyridine rings is 1. The van der Waals surface area contributed by atoms with Crippen molar-refractivity contribution in [3.63, 3.8) is 0 Å². The smallest absolute Gasteiger partial charge is 0.134 e. The normalized spacial score (nSPS) is 14.7. The van der Waals surface area contributed by atoms with Crippen molar-refractivity contribution in [2.24, 2.45) is 4.99 Å². The second-order valence-electron chi connectivity index (χ2n) is 13.4. The summed E-state index contributed by atoms with van der Waals surface area (Å²) in [5, 5.41) is 12.6. The highest BCUT2D eigenvalue weighted by atomic mass is 32.1. The standard InChI is InChI=1S/C47H29N3S2/c1-3-11-28(12-4-1)39-27-40(30-19-21-33-32-15-8-10-18-41(32)51-43(33)26-30)50-47(49-39)31-20-24-42-37(25-31)34-22-23-36-44(46(34)52-42)35-16-7-9-17-38(35)48-45(36)29-13-5-2-6-14-29/h1-27,40H,(H,49,50). The van der Waals surface area contributed by atoms with Gasteiger partial charge in [0.05, 0.1) is 22.9 Å². The van der Waals surface area contributed by atoms with E-state index in [2.05, 4.69) is 169 Å². The molecule has 0 aliphatic carbocycles. The third-order valence-electron chi connectivity index (χ3n) is 10.3. The topological polar surface area (TPSA) is 37.3 Å². The highest BCUT2D eigenvalue weighted by molar-refractivity contribution is 7.27. The summed E-state index contributed by atoms with van der Waals surface area (Å²) in [5.74, 6) is 0.880. The Balaban J connectivity index is 1.07. The monoisotopic (exact) mass is 699 g/mol. The molecule has 0 saturated carbocycles. The van der Waals surface area contributed by atoms with Crippen LogP contribution in [0.4, 0.5) is 0 Å². The van der Waals surface area contributed by atoms with Crippen molar-refractivity contribution >= 4 is 96.2 Å². The maximum atomic E-state index is 5.27. The lowest BCUT2D eigenvalue weighted by molar-refractivity contribution is 0.782. The van der Waals surface area contributed by atoms with Crippen LogP contribution in [0.1, 0.15) is 22.7 Å². The molecule has 1 N–H and O–H groups in total. The van der Waals surface area contributed by atoms with Crippen LogP contribution in [-0.4, -0.2) is 10.8 Å². The first-order valence-corrected chi connectivity index (χ1v) is 19.2. The van der Waals surface area contributed by atoms with E-state index in [-0.39, 0.29) is 6.04 Å². The Morgan fingerprint density at radius 2 is 1.17 bits per heavy atom. The number of rotatable bonds is 4. The minimum Gasteiger partial charge on any atom is -0.359 e. The lowest BCUT2D eigenvalue weighted by Gasteiger charge is -2.24. The number of nitrogens with zero attached hydrogens (tertiary/aromatic N) is 2. The van der Waals surface area contributed by atoms with Gasteiger partial charge in [-0.05, 0) is 53.6 Å². The Morgan fingerprint density at radius 3 is 2.04 bits per heavy atom. The molecule has 0 saturated heterocycles. The number of aliphatic imine (C=N–C) groups is 1. The van der Waals surface area contributed by atoms with Crippen LogP contribution >= 0.6 is 22.7 Å². The second kappa shape index (κ2) is 11.7. The van der Waals surface area contributed by atoms with Gasteiger partial charge < -0.3 is 5.32 Å². The molecule has 52 heavy (non-hydrogen) atoms. The van der Waals surface area contributed by atoms with Crippen molar-refractivity contribution in [2.45, 2.75) is 6.04 Å². The van der Waals surface area contributed by atoms with E-state index in [0.717, 1.165) is 39.4 Å². The number of fused-ring (bicyclic) bond motifs is 10. The molecule has 1 aliphatic rings. The van der Waals surface area contributed by atoms with Crippen LogP contribution in [0.5, 0.6) is 0 Å². The third kappa shape index (κ3) is 4.70. The highest BCUT2D eigenvalue weighted by Gasteiger charge is 2.22. The van der Waals surface area contributed by atoms with E-state index < -0.39 is 0 Å². The molecule has 7 aromatic carbocycles. The molecule has 0 fully saturated rings. The number of hydrogen-bond donors (Lipinski definition) is 1. The average Bonchev–Trinajstić information content (AvgIpc) is 3.78. The zero-order chi connectivity index (χ0) is 34.2. The van der Waals surface area contributed by atoms with Crippen molar-refractivity contribution < 1.29 is 0 Å². The predicted molar refractivity (Wildman–Crippen MR) is 224 cm³/mol. The molecular formula is C47H29N3S2. The summed E-state index contributed by atoms with van der Waals surface area (Å²) in [4.78, 5) is 10.4. The summed E-state index contributed by atoms with van der Waals surface area (Å²) in [6.07, 6.45) is 2.27. The average molecular weight is 700 g/mol. The first kappa shape index (κ1) is 29.6. The Bertz CT molecular complexity index is 3100. The van der Waals surface area contributed by atoms with Gasteiger partial charge in [-0.25, -0.2) is 9.98 Å². The second-order valence-corrected chi connectivity index (χ2v) is 15.5. The molecule has 10 aromatic rings. The van der Waals surface area contributed by atoms with Crippen LogP contribution in [0.15, 0.2) is 169 Å². The van der Waals surface area contributed by atoms with E-state index >= 15 is 0 Å². The molecule has 0 spiro atoms. The molecule has 1 unspecified atom stereocenters. The molecule has 4 heterocycles. The minimum atomic E-state index is -0.0357. The summed E-state index contributed by atoms with van der Waals surface area (Å²) >= 11 is 3.72. The van der Waals surface area contributed by atoms with Gasteiger partial charge in [0, 0.05) is 67.6 Å². The molecule has 0 amide bonds. The number of para-hydroxylation sites is 1. The number of benzene rings is 7. The Hall–Kier alpha value is -6.14. The summed E-state index contributed by atoms with van der Waals surface area (Å²) < 4.78 is 5.17. The molecule has 5 heteroatoms. The van der Waals surface area contributed by atoms with Crippen molar-refractivity contribution in [1.29, 1.82) is 0 Å². The van der Waals surface area contributed by atoms with Crippen molar-refractivity contribution in [3.05, 3.63) is 180 Å². The summed E-state index contributed by atoms with van der Waals surface area (Å²) in [7, 11) is 0. The van der Waals surface area contributed by atoms with Gasteiger partial charge in [-0.3, -0.25) is 0 Å². The minimum absolute atomic E-state index is 0.0357. The van der Waals surface area contributed by atoms with Crippen LogP contribution in [-0.2, 0) is 0 Å². The number of thiophene rings is 2. The van der Waals surface area contributed by atoms with Crippen molar-refractivity contribution in [2.75, 3.05) is 0 Å². The lowest BCUT2D eigenvalue weighted by atomic mass is 9.97. The third-order valence-corrected chi connectivity index (χ3v) is 12.6. The van der Waals surface area contributed by atoms with Crippen LogP contribution < -0.4 is 5.32 Å². The van der Waals surface area contributed by atoms with E-state index in [0.29, 0.717) is 0 Å². The molecule has 0 bridgehead atoms. The summed E-state index contributed by atoms with van der Waals surface area (Å²) in [6.45, 7) is 0. The first-order chi connectivity index (χ1) is 25.7. The van der Waals surface area contributed by atoms with Crippen LogP contribution in [0.3, 0.4) is 0 Å². The molecule has 0 radical (unpaired) electrons. The SMILES string of the molecule is C1=C(c2ccccc2)N=C(c2ccc3sc4c(ccc5c(-c6ccccc6)nc6ccccc6c54)c3c2)NC1c1ccc2c(c1)sc1ccccc12. The quantitative estimate of drug-likeness (QED) is 0.186. The molecule has 3 aromatic heterocycles. The van der Waals surface area contributed by atoms with Gasteiger partial charge in [0.15, 0.2) is 0 Å². The van der Waals surface area contributed by atoms with E-state index in [1.54, 1.807) is 0 Å². The van der Waals surface area contributed by atoms with Crippen LogP contribution in [0.25, 0.3) is 79.0 Å².